The molecule has 1 amide bonds. The number of amides is 1. The van der Waals surface area contributed by atoms with Gasteiger partial charge >= 0.3 is 5.97 Å². The summed E-state index contributed by atoms with van der Waals surface area (Å²) < 4.78 is 0. The summed E-state index contributed by atoms with van der Waals surface area (Å²) in [5, 5.41) is 9.24. The van der Waals surface area contributed by atoms with Crippen molar-refractivity contribution in [1.82, 2.24) is 0 Å². The molecule has 0 fully saturated rings. The molecule has 4 heteroatoms. The molecular formula is C16H13NO3. The fourth-order valence-corrected chi connectivity index (χ4v) is 2.50. The van der Waals surface area contributed by atoms with E-state index >= 15 is 0 Å². The number of aryl methyl sites for hydroxylation is 1. The molecular weight excluding hydrogens is 254 g/mol. The van der Waals surface area contributed by atoms with Gasteiger partial charge in [-0.15, -0.1) is 0 Å². The average Bonchev–Trinajstić information content (AvgIpc) is 2.76. The lowest BCUT2D eigenvalue weighted by Crippen LogP contribution is -2.25. The molecule has 2 aromatic rings. The minimum atomic E-state index is -1.03. The van der Waals surface area contributed by atoms with Gasteiger partial charge in [0.1, 0.15) is 0 Å². The van der Waals surface area contributed by atoms with Crippen LogP contribution in [0.4, 0.5) is 5.69 Å². The first-order valence-corrected chi connectivity index (χ1v) is 6.31. The van der Waals surface area contributed by atoms with Gasteiger partial charge in [-0.2, -0.15) is 0 Å². The number of carbonyl (C=O) groups excluding carboxylic acids is 1. The molecule has 1 aliphatic heterocycles. The summed E-state index contributed by atoms with van der Waals surface area (Å²) in [5.74, 6) is -1.17. The zero-order valence-corrected chi connectivity index (χ0v) is 11.0. The summed E-state index contributed by atoms with van der Waals surface area (Å²) in [4.78, 5) is 25.3. The van der Waals surface area contributed by atoms with Crippen LogP contribution >= 0.6 is 0 Å². The summed E-state index contributed by atoms with van der Waals surface area (Å²) >= 11 is 0. The number of nitrogens with zero attached hydrogens (tertiary/aromatic N) is 1. The number of carbonyl (C=O) groups is 2. The Morgan fingerprint density at radius 1 is 1.20 bits per heavy atom. The lowest BCUT2D eigenvalue weighted by molar-refractivity contribution is 0.0697. The number of carboxylic acid groups (broad SMARTS) is 1. The minimum Gasteiger partial charge on any atom is -0.478 e. The highest BCUT2D eigenvalue weighted by Crippen LogP contribution is 2.31. The van der Waals surface area contributed by atoms with Crippen molar-refractivity contribution in [1.29, 1.82) is 0 Å². The highest BCUT2D eigenvalue weighted by molar-refractivity contribution is 6.12. The molecule has 1 heterocycles. The molecule has 3 rings (SSSR count). The summed E-state index contributed by atoms with van der Waals surface area (Å²) in [7, 11) is 0. The highest BCUT2D eigenvalue weighted by Gasteiger charge is 2.30. The Balaban J connectivity index is 2.07. The van der Waals surface area contributed by atoms with Crippen LogP contribution in [0.15, 0.2) is 42.5 Å². The van der Waals surface area contributed by atoms with Gasteiger partial charge in [0, 0.05) is 5.56 Å². The van der Waals surface area contributed by atoms with Crippen molar-refractivity contribution in [3.8, 4) is 0 Å². The second kappa shape index (κ2) is 4.49. The van der Waals surface area contributed by atoms with Gasteiger partial charge in [0.05, 0.1) is 17.8 Å². The number of para-hydroxylation sites is 1. The van der Waals surface area contributed by atoms with Crippen LogP contribution in [-0.4, -0.2) is 17.0 Å². The number of anilines is 1. The van der Waals surface area contributed by atoms with E-state index in [9.17, 15) is 14.7 Å². The van der Waals surface area contributed by atoms with E-state index in [1.54, 1.807) is 18.2 Å². The predicted molar refractivity (Wildman–Crippen MR) is 75.1 cm³/mol. The smallest absolute Gasteiger partial charge is 0.337 e. The topological polar surface area (TPSA) is 57.6 Å². The van der Waals surface area contributed by atoms with Crippen LogP contribution < -0.4 is 4.90 Å². The summed E-state index contributed by atoms with van der Waals surface area (Å²) in [6, 6.07) is 12.3. The maximum atomic E-state index is 12.5. The SMILES string of the molecule is Cc1ccc2c(c1)C(=O)N(c1ccccc1C(=O)O)C2. The molecule has 0 bridgehead atoms. The third-order valence-corrected chi connectivity index (χ3v) is 3.49. The summed E-state index contributed by atoms with van der Waals surface area (Å²) in [6.45, 7) is 2.35. The number of carboxylic acids is 1. The van der Waals surface area contributed by atoms with Gasteiger partial charge in [-0.25, -0.2) is 4.79 Å². The number of hydrogen-bond acceptors (Lipinski definition) is 2. The molecule has 0 aliphatic carbocycles. The zero-order chi connectivity index (χ0) is 14.3. The van der Waals surface area contributed by atoms with Gasteiger partial charge < -0.3 is 10.0 Å². The lowest BCUT2D eigenvalue weighted by atomic mass is 10.1. The van der Waals surface area contributed by atoms with Crippen LogP contribution in [-0.2, 0) is 6.54 Å². The number of aromatic carboxylic acids is 1. The maximum Gasteiger partial charge on any atom is 0.337 e. The predicted octanol–water partition coefficient (Wildman–Crippen LogP) is 2.85. The van der Waals surface area contributed by atoms with Crippen LogP contribution in [0.25, 0.3) is 0 Å². The Kier molecular flexibility index (Phi) is 2.79. The zero-order valence-electron chi connectivity index (χ0n) is 11.0. The molecule has 0 saturated carbocycles. The van der Waals surface area contributed by atoms with Crippen molar-refractivity contribution in [3.63, 3.8) is 0 Å². The second-order valence-electron chi connectivity index (χ2n) is 4.87. The summed E-state index contributed by atoms with van der Waals surface area (Å²) in [6.07, 6.45) is 0. The molecule has 20 heavy (non-hydrogen) atoms. The molecule has 1 aliphatic rings. The lowest BCUT2D eigenvalue weighted by Gasteiger charge is -2.17. The molecule has 0 saturated heterocycles. The highest BCUT2D eigenvalue weighted by atomic mass is 16.4. The largest absolute Gasteiger partial charge is 0.478 e. The molecule has 2 aromatic carbocycles. The normalized spacial score (nSPS) is 13.4. The van der Waals surface area contributed by atoms with Crippen molar-refractivity contribution in [2.75, 3.05) is 4.90 Å². The molecule has 0 aromatic heterocycles. The van der Waals surface area contributed by atoms with E-state index in [0.717, 1.165) is 11.1 Å². The Hall–Kier alpha value is -2.62. The van der Waals surface area contributed by atoms with Crippen molar-refractivity contribution >= 4 is 17.6 Å². The molecule has 0 radical (unpaired) electrons. The van der Waals surface area contributed by atoms with Crippen LogP contribution in [0.3, 0.4) is 0 Å². The molecule has 0 unspecified atom stereocenters. The van der Waals surface area contributed by atoms with Crippen molar-refractivity contribution < 1.29 is 14.7 Å². The van der Waals surface area contributed by atoms with Gasteiger partial charge in [0.2, 0.25) is 0 Å². The van der Waals surface area contributed by atoms with Gasteiger partial charge in [-0.3, -0.25) is 4.79 Å². The molecule has 1 N–H and O–H groups in total. The number of benzene rings is 2. The van der Waals surface area contributed by atoms with Crippen LogP contribution in [0.1, 0.15) is 31.8 Å². The van der Waals surface area contributed by atoms with Gasteiger partial charge in [-0.05, 0) is 30.7 Å². The Bertz CT molecular complexity index is 721. The molecule has 100 valence electrons. The molecule has 0 spiro atoms. The minimum absolute atomic E-state index is 0.141. The van der Waals surface area contributed by atoms with Crippen LogP contribution in [0, 0.1) is 6.92 Å². The monoisotopic (exact) mass is 267 g/mol. The van der Waals surface area contributed by atoms with E-state index in [2.05, 4.69) is 0 Å². The second-order valence-corrected chi connectivity index (χ2v) is 4.87. The van der Waals surface area contributed by atoms with E-state index in [0.29, 0.717) is 17.8 Å². The van der Waals surface area contributed by atoms with E-state index in [4.69, 9.17) is 0 Å². The van der Waals surface area contributed by atoms with E-state index in [-0.39, 0.29) is 11.5 Å². The Labute approximate surface area is 116 Å². The third-order valence-electron chi connectivity index (χ3n) is 3.49. The fraction of sp³-hybridized carbons (Fsp3) is 0.125. The van der Waals surface area contributed by atoms with E-state index in [1.807, 2.05) is 25.1 Å². The standard InChI is InChI=1S/C16H13NO3/c1-10-6-7-11-9-17(15(18)13(11)8-10)14-5-3-2-4-12(14)16(19)20/h2-8H,9H2,1H3,(H,19,20). The first-order valence-electron chi connectivity index (χ1n) is 6.31. The quantitative estimate of drug-likeness (QED) is 0.910. The van der Waals surface area contributed by atoms with Crippen LogP contribution in [0.5, 0.6) is 0 Å². The van der Waals surface area contributed by atoms with Gasteiger partial charge in [0.25, 0.3) is 5.91 Å². The Morgan fingerprint density at radius 3 is 2.70 bits per heavy atom. The fourth-order valence-electron chi connectivity index (χ4n) is 2.50. The third kappa shape index (κ3) is 1.86. The van der Waals surface area contributed by atoms with Crippen LogP contribution in [0.2, 0.25) is 0 Å². The van der Waals surface area contributed by atoms with E-state index in [1.165, 1.54) is 11.0 Å². The number of hydrogen-bond donors (Lipinski definition) is 1. The number of rotatable bonds is 2. The number of fused-ring (bicyclic) bond motifs is 1. The van der Waals surface area contributed by atoms with Crippen molar-refractivity contribution in [2.24, 2.45) is 0 Å². The maximum absolute atomic E-state index is 12.5. The van der Waals surface area contributed by atoms with Gasteiger partial charge in [0.15, 0.2) is 0 Å². The van der Waals surface area contributed by atoms with E-state index < -0.39 is 5.97 Å². The Morgan fingerprint density at radius 2 is 1.95 bits per heavy atom. The van der Waals surface area contributed by atoms with Crippen molar-refractivity contribution in [2.45, 2.75) is 13.5 Å². The molecule has 0 atom stereocenters. The first-order chi connectivity index (χ1) is 9.58. The molecule has 4 nitrogen and oxygen atoms in total. The van der Waals surface area contributed by atoms with Gasteiger partial charge in [-0.1, -0.05) is 29.8 Å². The van der Waals surface area contributed by atoms with Crippen molar-refractivity contribution in [3.05, 3.63) is 64.7 Å². The average molecular weight is 267 g/mol. The first kappa shape index (κ1) is 12.4. The summed E-state index contributed by atoms with van der Waals surface area (Å²) in [5.41, 5.74) is 3.20.